The molecule has 0 radical (unpaired) electrons. The molecule has 0 atom stereocenters. The van der Waals surface area contributed by atoms with Crippen LogP contribution in [-0.2, 0) is 16.0 Å². The van der Waals surface area contributed by atoms with Gasteiger partial charge in [0.2, 0.25) is 0 Å². The first-order valence-electron chi connectivity index (χ1n) is 8.85. The van der Waals surface area contributed by atoms with E-state index in [1.165, 1.54) is 16.9 Å². The fourth-order valence-electron chi connectivity index (χ4n) is 2.58. The molecule has 27 heavy (non-hydrogen) atoms. The second kappa shape index (κ2) is 9.90. The van der Waals surface area contributed by atoms with Gasteiger partial charge in [-0.2, -0.15) is 0 Å². The lowest BCUT2D eigenvalue weighted by Crippen LogP contribution is -2.21. The average Bonchev–Trinajstić information content (AvgIpc) is 2.88. The van der Waals surface area contributed by atoms with Gasteiger partial charge >= 0.3 is 5.97 Å². The molecular weight excluding hydrogens is 430 g/mol. The van der Waals surface area contributed by atoms with Crippen LogP contribution in [0, 0.1) is 13.8 Å². The van der Waals surface area contributed by atoms with Crippen molar-refractivity contribution in [2.24, 2.45) is 0 Å². The third kappa shape index (κ3) is 5.56. The quantitative estimate of drug-likeness (QED) is 0.552. The van der Waals surface area contributed by atoms with E-state index in [0.717, 1.165) is 27.8 Å². The van der Waals surface area contributed by atoms with Crippen LogP contribution >= 0.6 is 27.3 Å². The average molecular weight is 454 g/mol. The Hall–Kier alpha value is -1.86. The van der Waals surface area contributed by atoms with Gasteiger partial charge in [-0.1, -0.05) is 19.4 Å². The van der Waals surface area contributed by atoms with Crippen LogP contribution in [0.25, 0.3) is 0 Å². The Balaban J connectivity index is 2.04. The second-order valence-corrected chi connectivity index (χ2v) is 8.14. The molecule has 1 heterocycles. The third-order valence-corrected chi connectivity index (χ3v) is 5.75. The van der Waals surface area contributed by atoms with Crippen LogP contribution in [0.15, 0.2) is 22.7 Å². The molecule has 0 saturated heterocycles. The summed E-state index contributed by atoms with van der Waals surface area (Å²) in [5.74, 6) is -0.148. The number of rotatable bonds is 8. The lowest BCUT2D eigenvalue weighted by Gasteiger charge is -2.10. The maximum absolute atomic E-state index is 12.3. The van der Waals surface area contributed by atoms with Crippen molar-refractivity contribution < 1.29 is 19.1 Å². The van der Waals surface area contributed by atoms with Gasteiger partial charge < -0.3 is 14.8 Å². The fourth-order valence-corrected chi connectivity index (χ4v) is 4.18. The van der Waals surface area contributed by atoms with Crippen LogP contribution in [0.4, 0.5) is 5.00 Å². The van der Waals surface area contributed by atoms with Gasteiger partial charge in [0.25, 0.3) is 5.91 Å². The zero-order valence-corrected chi connectivity index (χ0v) is 18.4. The SMILES string of the molecule is CCCc1ccc(OCC(=O)Nc2sc(C)c(C)c2C(=O)OCC)c(Br)c1. The lowest BCUT2D eigenvalue weighted by molar-refractivity contribution is -0.118. The molecule has 1 aromatic carbocycles. The Morgan fingerprint density at radius 2 is 1.96 bits per heavy atom. The van der Waals surface area contributed by atoms with Crippen LogP contribution < -0.4 is 10.1 Å². The molecule has 0 aliphatic rings. The van der Waals surface area contributed by atoms with E-state index < -0.39 is 5.97 Å². The summed E-state index contributed by atoms with van der Waals surface area (Å²) in [5, 5.41) is 3.27. The number of amides is 1. The Morgan fingerprint density at radius 1 is 1.22 bits per heavy atom. The highest BCUT2D eigenvalue weighted by Crippen LogP contribution is 2.33. The number of halogens is 1. The number of carbonyl (C=O) groups is 2. The van der Waals surface area contributed by atoms with Crippen LogP contribution in [0.2, 0.25) is 0 Å². The predicted molar refractivity (Wildman–Crippen MR) is 112 cm³/mol. The second-order valence-electron chi connectivity index (χ2n) is 6.06. The Kier molecular flexibility index (Phi) is 7.86. The van der Waals surface area contributed by atoms with E-state index in [4.69, 9.17) is 9.47 Å². The summed E-state index contributed by atoms with van der Waals surface area (Å²) in [6.07, 6.45) is 2.06. The summed E-state index contributed by atoms with van der Waals surface area (Å²) in [6.45, 7) is 7.77. The first kappa shape index (κ1) is 21.4. The molecule has 2 rings (SSSR count). The lowest BCUT2D eigenvalue weighted by atomic mass is 10.1. The largest absolute Gasteiger partial charge is 0.483 e. The van der Waals surface area contributed by atoms with E-state index in [2.05, 4.69) is 28.2 Å². The van der Waals surface area contributed by atoms with E-state index in [9.17, 15) is 9.59 Å². The number of esters is 1. The standard InChI is InChI=1S/C20H24BrNO4S/c1-5-7-14-8-9-16(15(21)10-14)26-11-17(23)22-19-18(20(24)25-6-2)12(3)13(4)27-19/h8-10H,5-7,11H2,1-4H3,(H,22,23). The number of anilines is 1. The van der Waals surface area contributed by atoms with Crippen LogP contribution in [0.1, 0.15) is 46.6 Å². The molecule has 0 bridgehead atoms. The van der Waals surface area contributed by atoms with Gasteiger partial charge in [0.15, 0.2) is 6.61 Å². The number of carbonyl (C=O) groups excluding carboxylic acids is 2. The zero-order chi connectivity index (χ0) is 20.0. The number of nitrogens with one attached hydrogen (secondary N) is 1. The van der Waals surface area contributed by atoms with Crippen molar-refractivity contribution in [1.82, 2.24) is 0 Å². The first-order chi connectivity index (χ1) is 12.9. The van der Waals surface area contributed by atoms with Crippen LogP contribution in [-0.4, -0.2) is 25.1 Å². The highest BCUT2D eigenvalue weighted by molar-refractivity contribution is 9.10. The Labute approximate surface area is 172 Å². The molecule has 1 amide bonds. The van der Waals surface area contributed by atoms with Gasteiger partial charge in [0, 0.05) is 4.88 Å². The normalized spacial score (nSPS) is 10.6. The Bertz CT molecular complexity index is 832. The van der Waals surface area contributed by atoms with E-state index in [1.807, 2.05) is 32.0 Å². The number of hydrogen-bond acceptors (Lipinski definition) is 5. The van der Waals surface area contributed by atoms with E-state index in [0.29, 0.717) is 16.3 Å². The smallest absolute Gasteiger partial charge is 0.341 e. The highest BCUT2D eigenvalue weighted by atomic mass is 79.9. The molecule has 0 spiro atoms. The molecule has 1 N–H and O–H groups in total. The molecule has 5 nitrogen and oxygen atoms in total. The molecule has 2 aromatic rings. The van der Waals surface area contributed by atoms with Gasteiger partial charge in [-0.15, -0.1) is 11.3 Å². The van der Waals surface area contributed by atoms with Crippen molar-refractivity contribution in [2.45, 2.75) is 40.5 Å². The summed E-state index contributed by atoms with van der Waals surface area (Å²) in [7, 11) is 0. The van der Waals surface area contributed by atoms with Crippen LogP contribution in [0.5, 0.6) is 5.75 Å². The monoisotopic (exact) mass is 453 g/mol. The predicted octanol–water partition coefficient (Wildman–Crippen LogP) is 5.27. The number of aryl methyl sites for hydroxylation is 2. The molecule has 1 aromatic heterocycles. The number of ether oxygens (including phenoxy) is 2. The maximum Gasteiger partial charge on any atom is 0.341 e. The molecule has 0 aliphatic carbocycles. The van der Waals surface area contributed by atoms with Crippen molar-refractivity contribution in [2.75, 3.05) is 18.5 Å². The number of thiophene rings is 1. The van der Waals surface area contributed by atoms with E-state index in [-0.39, 0.29) is 19.1 Å². The van der Waals surface area contributed by atoms with Crippen molar-refractivity contribution in [3.05, 3.63) is 44.2 Å². The molecule has 146 valence electrons. The fraction of sp³-hybridized carbons (Fsp3) is 0.400. The molecule has 0 aliphatic heterocycles. The number of hydrogen-bond donors (Lipinski definition) is 1. The summed E-state index contributed by atoms with van der Waals surface area (Å²) in [4.78, 5) is 25.5. The zero-order valence-electron chi connectivity index (χ0n) is 16.0. The van der Waals surface area contributed by atoms with E-state index >= 15 is 0 Å². The van der Waals surface area contributed by atoms with Crippen molar-refractivity contribution in [3.8, 4) is 5.75 Å². The Morgan fingerprint density at radius 3 is 2.59 bits per heavy atom. The van der Waals surface area contributed by atoms with Gasteiger partial charge in [0.1, 0.15) is 10.8 Å². The molecule has 7 heteroatoms. The van der Waals surface area contributed by atoms with Crippen LogP contribution in [0.3, 0.4) is 0 Å². The third-order valence-electron chi connectivity index (χ3n) is 4.01. The van der Waals surface area contributed by atoms with E-state index in [1.54, 1.807) is 6.92 Å². The van der Waals surface area contributed by atoms with Gasteiger partial charge in [-0.25, -0.2) is 4.79 Å². The van der Waals surface area contributed by atoms with Crippen molar-refractivity contribution in [1.29, 1.82) is 0 Å². The molecular formula is C20H24BrNO4S. The summed E-state index contributed by atoms with van der Waals surface area (Å²) < 4.78 is 11.5. The summed E-state index contributed by atoms with van der Waals surface area (Å²) in [6, 6.07) is 5.85. The van der Waals surface area contributed by atoms with Crippen molar-refractivity contribution in [3.63, 3.8) is 0 Å². The molecule has 0 fully saturated rings. The van der Waals surface area contributed by atoms with Gasteiger partial charge in [0.05, 0.1) is 16.6 Å². The molecule has 0 unspecified atom stereocenters. The van der Waals surface area contributed by atoms with Gasteiger partial charge in [-0.05, 0) is 66.4 Å². The topological polar surface area (TPSA) is 64.6 Å². The summed E-state index contributed by atoms with van der Waals surface area (Å²) in [5.41, 5.74) is 2.45. The minimum absolute atomic E-state index is 0.149. The van der Waals surface area contributed by atoms with Crippen molar-refractivity contribution >= 4 is 44.1 Å². The first-order valence-corrected chi connectivity index (χ1v) is 10.5. The minimum atomic E-state index is -0.426. The minimum Gasteiger partial charge on any atom is -0.483 e. The maximum atomic E-state index is 12.3. The molecule has 0 saturated carbocycles. The summed E-state index contributed by atoms with van der Waals surface area (Å²) >= 11 is 4.84. The van der Waals surface area contributed by atoms with Gasteiger partial charge in [-0.3, -0.25) is 4.79 Å². The highest BCUT2D eigenvalue weighted by Gasteiger charge is 2.22. The number of benzene rings is 1.